The van der Waals surface area contributed by atoms with Gasteiger partial charge in [-0.2, -0.15) is 8.78 Å². The van der Waals surface area contributed by atoms with Crippen molar-refractivity contribution in [2.75, 3.05) is 0 Å². The maximum atomic E-state index is 12.7. The monoisotopic (exact) mass is 369 g/mol. The molecule has 0 aliphatic carbocycles. The minimum atomic E-state index is -2.88. The fraction of sp³-hybridized carbons (Fsp3) is 0.556. The van der Waals surface area contributed by atoms with Crippen molar-refractivity contribution in [3.8, 4) is 5.75 Å². The van der Waals surface area contributed by atoms with Crippen molar-refractivity contribution in [3.05, 3.63) is 29.8 Å². The largest absolute Gasteiger partial charge is 0.435 e. The molecule has 144 valence electrons. The van der Waals surface area contributed by atoms with Crippen molar-refractivity contribution < 1.29 is 23.1 Å². The van der Waals surface area contributed by atoms with E-state index < -0.39 is 12.7 Å². The van der Waals surface area contributed by atoms with Crippen LogP contribution in [0.4, 0.5) is 8.78 Å². The predicted octanol–water partition coefficient (Wildman–Crippen LogP) is 2.32. The van der Waals surface area contributed by atoms with Gasteiger partial charge < -0.3 is 15.4 Å². The van der Waals surface area contributed by atoms with Gasteiger partial charge in [0.1, 0.15) is 5.75 Å². The summed E-state index contributed by atoms with van der Waals surface area (Å²) in [6, 6.07) is 5.21. The smallest absolute Gasteiger partial charge is 0.387 e. The molecule has 1 saturated heterocycles. The van der Waals surface area contributed by atoms with Crippen LogP contribution in [0, 0.1) is 5.41 Å². The third-order valence-electron chi connectivity index (χ3n) is 4.13. The fourth-order valence-electron chi connectivity index (χ4n) is 2.94. The van der Waals surface area contributed by atoms with Gasteiger partial charge in [-0.25, -0.2) is 0 Å². The number of nitrogens with one attached hydrogen (secondary N) is 3. The van der Waals surface area contributed by atoms with Gasteiger partial charge in [-0.05, 0) is 30.0 Å². The summed E-state index contributed by atoms with van der Waals surface area (Å²) in [4.78, 5) is 24.3. The van der Waals surface area contributed by atoms with Gasteiger partial charge >= 0.3 is 6.61 Å². The molecular formula is C18H25F2N3O3. The van der Waals surface area contributed by atoms with Gasteiger partial charge in [0.2, 0.25) is 11.8 Å². The maximum absolute atomic E-state index is 12.7. The zero-order valence-corrected chi connectivity index (χ0v) is 15.3. The molecule has 0 saturated carbocycles. The zero-order chi connectivity index (χ0) is 19.5. The van der Waals surface area contributed by atoms with E-state index in [2.05, 4.69) is 20.7 Å². The van der Waals surface area contributed by atoms with E-state index in [9.17, 15) is 18.4 Å². The van der Waals surface area contributed by atoms with Gasteiger partial charge in [-0.1, -0.05) is 32.9 Å². The lowest BCUT2D eigenvalue weighted by atomic mass is 9.82. The third-order valence-corrected chi connectivity index (χ3v) is 4.13. The van der Waals surface area contributed by atoms with Crippen LogP contribution >= 0.6 is 0 Å². The van der Waals surface area contributed by atoms with Crippen molar-refractivity contribution in [2.45, 2.75) is 59.0 Å². The van der Waals surface area contributed by atoms with Gasteiger partial charge in [0.05, 0.1) is 24.7 Å². The number of benzene rings is 1. The second-order valence-corrected chi connectivity index (χ2v) is 7.47. The molecule has 2 unspecified atom stereocenters. The number of hydrogen-bond donors (Lipinski definition) is 3. The summed E-state index contributed by atoms with van der Waals surface area (Å²) in [7, 11) is 0. The Kier molecular flexibility index (Phi) is 6.17. The lowest BCUT2D eigenvalue weighted by Crippen LogP contribution is -2.60. The Morgan fingerprint density at radius 3 is 2.38 bits per heavy atom. The summed E-state index contributed by atoms with van der Waals surface area (Å²) >= 11 is 0. The number of amides is 2. The molecule has 6 nitrogen and oxygen atoms in total. The molecule has 3 N–H and O–H groups in total. The topological polar surface area (TPSA) is 79.5 Å². The molecule has 0 spiro atoms. The molecule has 0 bridgehead atoms. The second kappa shape index (κ2) is 7.99. The lowest BCUT2D eigenvalue weighted by molar-refractivity contribution is -0.132. The van der Waals surface area contributed by atoms with Crippen molar-refractivity contribution >= 4 is 11.8 Å². The summed E-state index contributed by atoms with van der Waals surface area (Å²) in [5, 5.41) is 8.71. The van der Waals surface area contributed by atoms with E-state index in [-0.39, 0.29) is 41.6 Å². The van der Waals surface area contributed by atoms with Crippen LogP contribution in [-0.2, 0) is 9.59 Å². The lowest BCUT2D eigenvalue weighted by Gasteiger charge is -2.35. The van der Waals surface area contributed by atoms with E-state index in [1.54, 1.807) is 19.1 Å². The Labute approximate surface area is 151 Å². The zero-order valence-electron chi connectivity index (χ0n) is 15.3. The van der Waals surface area contributed by atoms with Crippen LogP contribution in [0.2, 0.25) is 0 Å². The molecule has 0 aromatic heterocycles. The van der Waals surface area contributed by atoms with E-state index in [4.69, 9.17) is 0 Å². The number of ether oxygens (including phenoxy) is 1. The maximum Gasteiger partial charge on any atom is 0.387 e. The summed E-state index contributed by atoms with van der Waals surface area (Å²) in [5.41, 5.74) is 0.435. The van der Waals surface area contributed by atoms with Crippen molar-refractivity contribution in [2.24, 2.45) is 5.41 Å². The Morgan fingerprint density at radius 1 is 1.27 bits per heavy atom. The quantitative estimate of drug-likeness (QED) is 0.744. The average molecular weight is 369 g/mol. The number of carbonyl (C=O) groups is 2. The Morgan fingerprint density at radius 2 is 1.88 bits per heavy atom. The first-order valence-corrected chi connectivity index (χ1v) is 8.47. The molecule has 1 aliphatic heterocycles. The number of alkyl halides is 2. The van der Waals surface area contributed by atoms with Crippen molar-refractivity contribution in [1.82, 2.24) is 16.0 Å². The van der Waals surface area contributed by atoms with Crippen molar-refractivity contribution in [3.63, 3.8) is 0 Å². The molecule has 2 amide bonds. The average Bonchev–Trinajstić information content (AvgIpc) is 2.50. The first-order valence-electron chi connectivity index (χ1n) is 8.47. The summed E-state index contributed by atoms with van der Waals surface area (Å²) in [5.74, 6) is -0.404. The molecule has 26 heavy (non-hydrogen) atoms. The second-order valence-electron chi connectivity index (χ2n) is 7.47. The van der Waals surface area contributed by atoms with Crippen LogP contribution < -0.4 is 20.7 Å². The molecule has 3 atom stereocenters. The van der Waals surface area contributed by atoms with Gasteiger partial charge in [0, 0.05) is 0 Å². The minimum Gasteiger partial charge on any atom is -0.435 e. The van der Waals surface area contributed by atoms with E-state index in [0.29, 0.717) is 0 Å². The number of rotatable bonds is 5. The van der Waals surface area contributed by atoms with Crippen LogP contribution in [0.3, 0.4) is 0 Å². The molecule has 1 heterocycles. The highest BCUT2D eigenvalue weighted by atomic mass is 19.3. The van der Waals surface area contributed by atoms with Gasteiger partial charge in [0.15, 0.2) is 0 Å². The van der Waals surface area contributed by atoms with Gasteiger partial charge in [0.25, 0.3) is 0 Å². The Hall–Kier alpha value is -2.22. The molecule has 2 rings (SSSR count). The highest BCUT2D eigenvalue weighted by molar-refractivity contribution is 5.89. The normalized spacial score (nSPS) is 21.9. The minimum absolute atomic E-state index is 0.0576. The van der Waals surface area contributed by atoms with Crippen LogP contribution in [-0.4, -0.2) is 30.6 Å². The molecule has 1 aromatic carbocycles. The molecule has 8 heteroatoms. The van der Waals surface area contributed by atoms with E-state index in [0.717, 1.165) is 5.56 Å². The molecule has 1 aliphatic rings. The van der Waals surface area contributed by atoms with Crippen LogP contribution in [0.15, 0.2) is 24.3 Å². The van der Waals surface area contributed by atoms with E-state index in [1.807, 2.05) is 20.8 Å². The standard InChI is InChI=1S/C18H25F2N3O3/c1-10-21-13(9-14(24)22-10)16(25)23-15(18(2,3)4)11-5-7-12(8-6-11)26-17(19)20/h5-8,10,13,15,17,21H,9H2,1-4H3,(H,22,24)(H,23,25)/t10?,13?,15-/m0/s1. The first-order chi connectivity index (χ1) is 12.1. The number of halogens is 2. The molecule has 1 fully saturated rings. The predicted molar refractivity (Wildman–Crippen MR) is 92.6 cm³/mol. The van der Waals surface area contributed by atoms with Crippen LogP contribution in [0.25, 0.3) is 0 Å². The summed E-state index contributed by atoms with van der Waals surface area (Å²) in [6.07, 6.45) is -0.223. The Balaban J connectivity index is 2.15. The van der Waals surface area contributed by atoms with Crippen LogP contribution in [0.1, 0.15) is 45.7 Å². The fourth-order valence-corrected chi connectivity index (χ4v) is 2.94. The summed E-state index contributed by atoms with van der Waals surface area (Å²) in [6.45, 7) is 4.77. The molecule has 0 radical (unpaired) electrons. The van der Waals surface area contributed by atoms with Gasteiger partial charge in [-0.15, -0.1) is 0 Å². The number of carbonyl (C=O) groups excluding carboxylic acids is 2. The van der Waals surface area contributed by atoms with E-state index in [1.165, 1.54) is 12.1 Å². The SMILES string of the molecule is CC1NC(=O)CC(C(=O)N[C@@H](c2ccc(OC(F)F)cc2)C(C)(C)C)N1. The molecule has 1 aromatic rings. The summed E-state index contributed by atoms with van der Waals surface area (Å²) < 4.78 is 28.9. The number of hydrogen-bond acceptors (Lipinski definition) is 4. The highest BCUT2D eigenvalue weighted by Crippen LogP contribution is 2.33. The highest BCUT2D eigenvalue weighted by Gasteiger charge is 2.33. The Bertz CT molecular complexity index is 644. The van der Waals surface area contributed by atoms with Crippen molar-refractivity contribution in [1.29, 1.82) is 0 Å². The first kappa shape index (κ1) is 20.1. The third kappa shape index (κ3) is 5.39. The van der Waals surface area contributed by atoms with Gasteiger partial charge in [-0.3, -0.25) is 14.9 Å². The van der Waals surface area contributed by atoms with Crippen LogP contribution in [0.5, 0.6) is 5.75 Å². The van der Waals surface area contributed by atoms with E-state index >= 15 is 0 Å². The molecular weight excluding hydrogens is 344 g/mol.